The zero-order chi connectivity index (χ0) is 18.7. The summed E-state index contributed by atoms with van der Waals surface area (Å²) in [6, 6.07) is 6.57. The number of pyridine rings is 1. The summed E-state index contributed by atoms with van der Waals surface area (Å²) >= 11 is 0. The highest BCUT2D eigenvalue weighted by atomic mass is 35.5. The van der Waals surface area contributed by atoms with Gasteiger partial charge < -0.3 is 12.4 Å². The van der Waals surface area contributed by atoms with Crippen molar-refractivity contribution in [3.05, 3.63) is 30.1 Å². The molecule has 1 rings (SSSR count). The maximum atomic E-state index is 2.43. The van der Waals surface area contributed by atoms with Crippen LogP contribution in [-0.4, -0.2) is 0 Å². The van der Waals surface area contributed by atoms with E-state index in [2.05, 4.69) is 42.8 Å². The lowest BCUT2D eigenvalue weighted by molar-refractivity contribution is -0.704. The van der Waals surface area contributed by atoms with Gasteiger partial charge in [-0.1, -0.05) is 110 Å². The predicted molar refractivity (Wildman–Crippen MR) is 116 cm³/mol. The van der Waals surface area contributed by atoms with E-state index in [0.717, 1.165) is 6.42 Å². The summed E-state index contributed by atoms with van der Waals surface area (Å²) in [5.74, 6) is 0. The van der Waals surface area contributed by atoms with Gasteiger partial charge in [0.25, 0.3) is 0 Å². The van der Waals surface area contributed by atoms with Gasteiger partial charge >= 0.3 is 0 Å². The van der Waals surface area contributed by atoms with Crippen LogP contribution in [0.5, 0.6) is 0 Å². The molecule has 0 aliphatic carbocycles. The van der Waals surface area contributed by atoms with Crippen molar-refractivity contribution in [1.29, 1.82) is 0 Å². The number of rotatable bonds is 18. The van der Waals surface area contributed by atoms with Crippen LogP contribution in [0, 0.1) is 0 Å². The molecule has 0 saturated carbocycles. The van der Waals surface area contributed by atoms with Crippen LogP contribution in [-0.2, 0) is 13.0 Å². The molecule has 0 fully saturated rings. The van der Waals surface area contributed by atoms with Crippen LogP contribution < -0.4 is 17.0 Å². The van der Waals surface area contributed by atoms with Crippen LogP contribution in [0.3, 0.4) is 0 Å². The standard InChI is InChI=1S/C25H46N.ClH/c1-3-5-6-7-8-9-10-11-12-13-14-15-16-17-18-20-23-26-24-21-19-22-25(26)4-2;/h19,21-22,24H,3-18,20,23H2,1-2H3;1H/q+1;/p-1. The zero-order valence-corrected chi connectivity index (χ0v) is 19.1. The van der Waals surface area contributed by atoms with E-state index in [9.17, 15) is 0 Å². The lowest BCUT2D eigenvalue weighted by Gasteiger charge is -2.04. The molecular weight excluding hydrogens is 350 g/mol. The summed E-state index contributed by atoms with van der Waals surface area (Å²) in [5.41, 5.74) is 1.47. The second kappa shape index (κ2) is 20.2. The normalized spacial score (nSPS) is 10.7. The molecule has 158 valence electrons. The van der Waals surface area contributed by atoms with Gasteiger partial charge in [0, 0.05) is 25.0 Å². The lowest BCUT2D eigenvalue weighted by Crippen LogP contribution is -3.00. The Bertz CT molecular complexity index is 419. The number of halogens is 1. The van der Waals surface area contributed by atoms with Crippen LogP contribution in [0.1, 0.15) is 122 Å². The first-order valence-electron chi connectivity index (χ1n) is 11.9. The molecule has 0 radical (unpaired) electrons. The van der Waals surface area contributed by atoms with Crippen molar-refractivity contribution >= 4 is 0 Å². The molecule has 1 aromatic rings. The predicted octanol–water partition coefficient (Wildman–Crippen LogP) is 4.80. The fourth-order valence-electron chi connectivity index (χ4n) is 3.88. The number of hydrogen-bond donors (Lipinski definition) is 0. The van der Waals surface area contributed by atoms with E-state index in [1.807, 2.05) is 0 Å². The summed E-state index contributed by atoms with van der Waals surface area (Å²) < 4.78 is 2.43. The minimum Gasteiger partial charge on any atom is -1.00 e. The van der Waals surface area contributed by atoms with E-state index in [4.69, 9.17) is 0 Å². The highest BCUT2D eigenvalue weighted by molar-refractivity contribution is 4.96. The molecule has 0 aliphatic rings. The Morgan fingerprint density at radius 2 is 1.04 bits per heavy atom. The maximum absolute atomic E-state index is 2.43. The summed E-state index contributed by atoms with van der Waals surface area (Å²) in [6.07, 6.45) is 26.5. The second-order valence-electron chi connectivity index (χ2n) is 8.04. The average molecular weight is 396 g/mol. The molecule has 0 aromatic carbocycles. The van der Waals surface area contributed by atoms with Gasteiger partial charge in [-0.2, -0.15) is 0 Å². The van der Waals surface area contributed by atoms with Gasteiger partial charge in [0.15, 0.2) is 11.9 Å². The molecule has 27 heavy (non-hydrogen) atoms. The minimum absolute atomic E-state index is 0. The van der Waals surface area contributed by atoms with Crippen molar-refractivity contribution in [3.63, 3.8) is 0 Å². The summed E-state index contributed by atoms with van der Waals surface area (Å²) in [6.45, 7) is 5.74. The van der Waals surface area contributed by atoms with Gasteiger partial charge in [-0.25, -0.2) is 4.57 Å². The lowest BCUT2D eigenvalue weighted by atomic mass is 10.0. The third-order valence-corrected chi connectivity index (χ3v) is 5.65. The Morgan fingerprint density at radius 3 is 1.48 bits per heavy atom. The molecule has 0 spiro atoms. The number of unbranched alkanes of at least 4 members (excludes halogenated alkanes) is 15. The number of aromatic nitrogens is 1. The zero-order valence-electron chi connectivity index (χ0n) is 18.4. The Kier molecular flexibility index (Phi) is 19.8. The van der Waals surface area contributed by atoms with Crippen LogP contribution in [0.4, 0.5) is 0 Å². The van der Waals surface area contributed by atoms with Gasteiger partial charge in [-0.3, -0.25) is 0 Å². The van der Waals surface area contributed by atoms with E-state index in [0.29, 0.717) is 0 Å². The first-order chi connectivity index (χ1) is 12.9. The molecule has 0 atom stereocenters. The van der Waals surface area contributed by atoms with Crippen LogP contribution in [0.2, 0.25) is 0 Å². The Hall–Kier alpha value is -0.560. The van der Waals surface area contributed by atoms with E-state index < -0.39 is 0 Å². The minimum atomic E-state index is 0. The van der Waals surface area contributed by atoms with E-state index in [1.165, 1.54) is 115 Å². The molecule has 0 saturated heterocycles. The maximum Gasteiger partial charge on any atom is 0.181 e. The smallest absolute Gasteiger partial charge is 0.181 e. The highest BCUT2D eigenvalue weighted by Crippen LogP contribution is 2.13. The molecule has 0 amide bonds. The van der Waals surface area contributed by atoms with E-state index >= 15 is 0 Å². The third-order valence-electron chi connectivity index (χ3n) is 5.65. The third kappa shape index (κ3) is 15.1. The Labute approximate surface area is 176 Å². The average Bonchev–Trinajstić information content (AvgIpc) is 2.68. The Morgan fingerprint density at radius 1 is 0.593 bits per heavy atom. The van der Waals surface area contributed by atoms with Crippen molar-refractivity contribution in [2.75, 3.05) is 0 Å². The van der Waals surface area contributed by atoms with Crippen molar-refractivity contribution in [2.45, 2.75) is 130 Å². The van der Waals surface area contributed by atoms with Gasteiger partial charge in [-0.05, 0) is 6.42 Å². The largest absolute Gasteiger partial charge is 1.00 e. The van der Waals surface area contributed by atoms with Crippen LogP contribution in [0.25, 0.3) is 0 Å². The summed E-state index contributed by atoms with van der Waals surface area (Å²) in [4.78, 5) is 0. The molecular formula is C25H46ClN. The van der Waals surface area contributed by atoms with Crippen molar-refractivity contribution in [1.82, 2.24) is 0 Å². The topological polar surface area (TPSA) is 3.88 Å². The van der Waals surface area contributed by atoms with Gasteiger partial charge in [-0.15, -0.1) is 0 Å². The first-order valence-corrected chi connectivity index (χ1v) is 11.9. The molecule has 0 N–H and O–H groups in total. The fraction of sp³-hybridized carbons (Fsp3) is 0.800. The molecule has 1 heterocycles. The monoisotopic (exact) mass is 395 g/mol. The number of aryl methyl sites for hydroxylation is 2. The molecule has 1 nitrogen and oxygen atoms in total. The molecule has 0 unspecified atom stereocenters. The van der Waals surface area contributed by atoms with E-state index in [1.54, 1.807) is 0 Å². The number of nitrogens with zero attached hydrogens (tertiary/aromatic N) is 1. The second-order valence-corrected chi connectivity index (χ2v) is 8.04. The van der Waals surface area contributed by atoms with Crippen LogP contribution in [0.15, 0.2) is 24.4 Å². The summed E-state index contributed by atoms with van der Waals surface area (Å²) in [7, 11) is 0. The van der Waals surface area contributed by atoms with Gasteiger partial charge in [0.05, 0.1) is 0 Å². The van der Waals surface area contributed by atoms with Gasteiger partial charge in [0.2, 0.25) is 0 Å². The summed E-state index contributed by atoms with van der Waals surface area (Å²) in [5, 5.41) is 0. The SMILES string of the molecule is CCCCCCCCCCCCCCCCCC[n+]1ccccc1CC.[Cl-]. The first kappa shape index (κ1) is 26.4. The van der Waals surface area contributed by atoms with Gasteiger partial charge in [0.1, 0.15) is 6.54 Å². The Balaban J connectivity index is 0.00000676. The molecule has 1 aromatic heterocycles. The molecule has 0 aliphatic heterocycles. The van der Waals surface area contributed by atoms with Crippen LogP contribution >= 0.6 is 0 Å². The van der Waals surface area contributed by atoms with Crippen molar-refractivity contribution < 1.29 is 17.0 Å². The van der Waals surface area contributed by atoms with Crippen molar-refractivity contribution in [3.8, 4) is 0 Å². The highest BCUT2D eigenvalue weighted by Gasteiger charge is 2.06. The fourth-order valence-corrected chi connectivity index (χ4v) is 3.88. The molecule has 0 bridgehead atoms. The van der Waals surface area contributed by atoms with E-state index in [-0.39, 0.29) is 12.4 Å². The number of hydrogen-bond acceptors (Lipinski definition) is 0. The quantitative estimate of drug-likeness (QED) is 0.248. The van der Waals surface area contributed by atoms with Crippen molar-refractivity contribution in [2.24, 2.45) is 0 Å². The molecule has 2 heteroatoms.